The predicted octanol–water partition coefficient (Wildman–Crippen LogP) is 2.08. The highest BCUT2D eigenvalue weighted by Gasteiger charge is 2.13. The summed E-state index contributed by atoms with van der Waals surface area (Å²) in [5.41, 5.74) is 9.39. The lowest BCUT2D eigenvalue weighted by Gasteiger charge is -2.23. The molecule has 0 aliphatic rings. The number of hydrogen-bond acceptors (Lipinski definition) is 2. The fourth-order valence-corrected chi connectivity index (χ4v) is 1.84. The van der Waals surface area contributed by atoms with Crippen LogP contribution in [0.5, 0.6) is 0 Å². The maximum Gasteiger partial charge on any atom is 0.188 e. The number of nitrogens with one attached hydrogen (secondary N) is 1. The first kappa shape index (κ1) is 16.2. The third-order valence-electron chi connectivity index (χ3n) is 3.09. The van der Waals surface area contributed by atoms with Crippen LogP contribution in [0.25, 0.3) is 0 Å². The van der Waals surface area contributed by atoms with Crippen molar-refractivity contribution in [3.8, 4) is 0 Å². The van der Waals surface area contributed by atoms with Gasteiger partial charge in [0.05, 0.1) is 12.6 Å². The zero-order valence-electron chi connectivity index (χ0n) is 13.0. The first-order chi connectivity index (χ1) is 9.40. The maximum absolute atomic E-state index is 5.85. The van der Waals surface area contributed by atoms with Crippen molar-refractivity contribution in [2.24, 2.45) is 10.7 Å². The maximum atomic E-state index is 5.85. The van der Waals surface area contributed by atoms with Crippen molar-refractivity contribution < 1.29 is 0 Å². The Labute approximate surface area is 122 Å². The number of rotatable bonds is 6. The van der Waals surface area contributed by atoms with Crippen molar-refractivity contribution in [2.45, 2.75) is 19.9 Å². The second-order valence-electron chi connectivity index (χ2n) is 5.43. The van der Waals surface area contributed by atoms with Crippen LogP contribution in [0.15, 0.2) is 41.4 Å². The summed E-state index contributed by atoms with van der Waals surface area (Å²) in [6.45, 7) is 9.16. The molecule has 1 aromatic carbocycles. The fraction of sp³-hybridized carbons (Fsp3) is 0.438. The van der Waals surface area contributed by atoms with Crippen molar-refractivity contribution in [1.29, 1.82) is 0 Å². The third-order valence-corrected chi connectivity index (χ3v) is 3.09. The molecular formula is C16H26N4. The Morgan fingerprint density at radius 3 is 2.45 bits per heavy atom. The molecule has 0 spiro atoms. The molecule has 0 aliphatic carbocycles. The molecule has 110 valence electrons. The Bertz CT molecular complexity index is 460. The van der Waals surface area contributed by atoms with E-state index in [0.717, 1.165) is 5.57 Å². The van der Waals surface area contributed by atoms with Crippen LogP contribution in [-0.2, 0) is 0 Å². The minimum atomic E-state index is 0.223. The van der Waals surface area contributed by atoms with Crippen molar-refractivity contribution in [3.63, 3.8) is 0 Å². The summed E-state index contributed by atoms with van der Waals surface area (Å²) in [5, 5.41) is 3.05. The molecule has 1 unspecified atom stereocenters. The molecule has 0 saturated carbocycles. The van der Waals surface area contributed by atoms with Crippen LogP contribution >= 0.6 is 0 Å². The molecule has 4 nitrogen and oxygen atoms in total. The van der Waals surface area contributed by atoms with E-state index in [1.54, 1.807) is 0 Å². The lowest BCUT2D eigenvalue weighted by atomic mass is 10.0. The first-order valence-corrected chi connectivity index (χ1v) is 6.81. The zero-order chi connectivity index (χ0) is 15.1. The molecule has 0 saturated heterocycles. The fourth-order valence-electron chi connectivity index (χ4n) is 1.84. The van der Waals surface area contributed by atoms with E-state index in [1.807, 2.05) is 6.92 Å². The summed E-state index contributed by atoms with van der Waals surface area (Å²) in [6.07, 6.45) is 0. The van der Waals surface area contributed by atoms with Gasteiger partial charge >= 0.3 is 0 Å². The van der Waals surface area contributed by atoms with Gasteiger partial charge in [-0.2, -0.15) is 0 Å². The molecular weight excluding hydrogens is 248 g/mol. The van der Waals surface area contributed by atoms with E-state index in [9.17, 15) is 0 Å². The molecule has 0 aromatic heterocycles. The van der Waals surface area contributed by atoms with Crippen LogP contribution in [0.1, 0.15) is 24.1 Å². The van der Waals surface area contributed by atoms with E-state index in [-0.39, 0.29) is 6.04 Å². The number of nitrogens with two attached hydrogens (primary N) is 1. The Morgan fingerprint density at radius 2 is 1.95 bits per heavy atom. The normalized spacial score (nSPS) is 13.3. The van der Waals surface area contributed by atoms with Gasteiger partial charge < -0.3 is 16.0 Å². The molecule has 3 N–H and O–H groups in total. The van der Waals surface area contributed by atoms with Gasteiger partial charge in [-0.3, -0.25) is 4.99 Å². The number of aliphatic imine (C=N–C) groups is 1. The molecule has 0 fully saturated rings. The quantitative estimate of drug-likeness (QED) is 0.474. The molecule has 0 heterocycles. The summed E-state index contributed by atoms with van der Waals surface area (Å²) in [4.78, 5) is 6.57. The first-order valence-electron chi connectivity index (χ1n) is 6.81. The second-order valence-corrected chi connectivity index (χ2v) is 5.43. The molecule has 0 bridgehead atoms. The largest absolute Gasteiger partial charge is 0.370 e. The number of benzene rings is 1. The van der Waals surface area contributed by atoms with E-state index in [1.165, 1.54) is 11.1 Å². The second kappa shape index (κ2) is 7.70. The Balaban J connectivity index is 2.70. The van der Waals surface area contributed by atoms with E-state index in [4.69, 9.17) is 5.73 Å². The lowest BCUT2D eigenvalue weighted by molar-refractivity contribution is 0.306. The number of guanidine groups is 1. The Morgan fingerprint density at radius 1 is 1.35 bits per heavy atom. The van der Waals surface area contributed by atoms with Crippen molar-refractivity contribution in [3.05, 3.63) is 47.5 Å². The van der Waals surface area contributed by atoms with Gasteiger partial charge in [-0.15, -0.1) is 0 Å². The number of hydrogen-bond donors (Lipinski definition) is 2. The molecule has 1 atom stereocenters. The average molecular weight is 274 g/mol. The highest BCUT2D eigenvalue weighted by atomic mass is 15.1. The van der Waals surface area contributed by atoms with Crippen LogP contribution in [0.2, 0.25) is 0 Å². The zero-order valence-corrected chi connectivity index (χ0v) is 13.0. The predicted molar refractivity (Wildman–Crippen MR) is 86.9 cm³/mol. The standard InChI is InChI=1S/C16H26N4/c1-12(2)10-18-16(17)19-11-15(20(4)5)14-8-6-13(3)7-9-14/h6-9,15H,1,10-11H2,2-5H3,(H3,17,18,19). The van der Waals surface area contributed by atoms with Gasteiger partial charge in [-0.05, 0) is 33.5 Å². The van der Waals surface area contributed by atoms with Crippen molar-refractivity contribution in [1.82, 2.24) is 10.2 Å². The van der Waals surface area contributed by atoms with Gasteiger partial charge in [0, 0.05) is 6.54 Å². The summed E-state index contributed by atoms with van der Waals surface area (Å²) >= 11 is 0. The van der Waals surface area contributed by atoms with Crippen LogP contribution in [0.3, 0.4) is 0 Å². The number of likely N-dealkylation sites (N-methyl/N-ethyl adjacent to an activating group) is 1. The third kappa shape index (κ3) is 5.45. The summed E-state index contributed by atoms with van der Waals surface area (Å²) in [6, 6.07) is 8.76. The van der Waals surface area contributed by atoms with Gasteiger partial charge in [-0.25, -0.2) is 0 Å². The van der Waals surface area contributed by atoms with Crippen molar-refractivity contribution in [2.75, 3.05) is 27.2 Å². The summed E-state index contributed by atoms with van der Waals surface area (Å²) < 4.78 is 0. The molecule has 0 radical (unpaired) electrons. The molecule has 4 heteroatoms. The van der Waals surface area contributed by atoms with Gasteiger partial charge in [0.15, 0.2) is 5.96 Å². The number of nitrogens with zero attached hydrogens (tertiary/aromatic N) is 2. The molecule has 20 heavy (non-hydrogen) atoms. The molecule has 0 amide bonds. The van der Waals surface area contributed by atoms with E-state index in [0.29, 0.717) is 19.0 Å². The lowest BCUT2D eigenvalue weighted by Crippen LogP contribution is -2.34. The van der Waals surface area contributed by atoms with Gasteiger partial charge in [0.25, 0.3) is 0 Å². The van der Waals surface area contributed by atoms with Crippen molar-refractivity contribution >= 4 is 5.96 Å². The van der Waals surface area contributed by atoms with Crippen LogP contribution < -0.4 is 11.1 Å². The smallest absolute Gasteiger partial charge is 0.188 e. The molecule has 0 aliphatic heterocycles. The summed E-state index contributed by atoms with van der Waals surface area (Å²) in [5.74, 6) is 0.465. The Kier molecular flexibility index (Phi) is 6.25. The van der Waals surface area contributed by atoms with Crippen LogP contribution in [-0.4, -0.2) is 38.0 Å². The van der Waals surface area contributed by atoms with Crippen LogP contribution in [0, 0.1) is 6.92 Å². The Hall–Kier alpha value is -1.81. The monoisotopic (exact) mass is 274 g/mol. The molecule has 1 rings (SSSR count). The average Bonchev–Trinajstić information content (AvgIpc) is 2.38. The van der Waals surface area contributed by atoms with E-state index < -0.39 is 0 Å². The van der Waals surface area contributed by atoms with E-state index in [2.05, 4.69) is 67.1 Å². The van der Waals surface area contributed by atoms with E-state index >= 15 is 0 Å². The minimum absolute atomic E-state index is 0.223. The number of aryl methyl sites for hydroxylation is 1. The van der Waals surface area contributed by atoms with Gasteiger partial charge in [0.2, 0.25) is 0 Å². The minimum Gasteiger partial charge on any atom is -0.370 e. The summed E-state index contributed by atoms with van der Waals surface area (Å²) in [7, 11) is 4.11. The topological polar surface area (TPSA) is 53.6 Å². The van der Waals surface area contributed by atoms with Crippen LogP contribution in [0.4, 0.5) is 0 Å². The van der Waals surface area contributed by atoms with Gasteiger partial charge in [-0.1, -0.05) is 42.0 Å². The molecule has 1 aromatic rings. The SMILES string of the molecule is C=C(C)CNC(N)=NCC(c1ccc(C)cc1)N(C)C. The highest BCUT2D eigenvalue weighted by Crippen LogP contribution is 2.18. The van der Waals surface area contributed by atoms with Gasteiger partial charge in [0.1, 0.15) is 0 Å². The highest BCUT2D eigenvalue weighted by molar-refractivity contribution is 5.78.